The van der Waals surface area contributed by atoms with Crippen LogP contribution in [0.5, 0.6) is 0 Å². The molecule has 4 heterocycles. The van der Waals surface area contributed by atoms with Gasteiger partial charge < -0.3 is 9.80 Å². The van der Waals surface area contributed by atoms with Gasteiger partial charge in [-0.15, -0.1) is 0 Å². The number of benzene rings is 2. The van der Waals surface area contributed by atoms with Crippen molar-refractivity contribution in [1.29, 1.82) is 0 Å². The Labute approximate surface area is 226 Å². The Kier molecular flexibility index (Phi) is 6.60. The van der Waals surface area contributed by atoms with E-state index in [4.69, 9.17) is 9.97 Å². The second kappa shape index (κ2) is 10.2. The minimum atomic E-state index is 0.233. The van der Waals surface area contributed by atoms with Crippen molar-refractivity contribution in [3.05, 3.63) is 119 Å². The predicted molar refractivity (Wildman–Crippen MR) is 154 cm³/mol. The zero-order valence-electron chi connectivity index (χ0n) is 22.7. The van der Waals surface area contributed by atoms with Crippen molar-refractivity contribution in [2.75, 3.05) is 38.0 Å². The van der Waals surface area contributed by atoms with Crippen LogP contribution in [0, 0.1) is 0 Å². The van der Waals surface area contributed by atoms with Crippen LogP contribution < -0.4 is 9.80 Å². The number of fused-ring (bicyclic) bond motifs is 2. The van der Waals surface area contributed by atoms with Crippen LogP contribution in [0.15, 0.2) is 85.2 Å². The molecule has 0 fully saturated rings. The number of aromatic nitrogens is 2. The molecule has 0 bridgehead atoms. The Bertz CT molecular complexity index is 1320. The summed E-state index contributed by atoms with van der Waals surface area (Å²) in [6.07, 6.45) is 3.87. The summed E-state index contributed by atoms with van der Waals surface area (Å²) in [5.74, 6) is 0. The van der Waals surface area contributed by atoms with Crippen LogP contribution in [-0.2, 0) is 26.2 Å². The minimum absolute atomic E-state index is 0.233. The summed E-state index contributed by atoms with van der Waals surface area (Å²) in [6, 6.07) is 27.0. The van der Waals surface area contributed by atoms with Gasteiger partial charge in [0.1, 0.15) is 0 Å². The third-order valence-corrected chi connectivity index (χ3v) is 7.94. The van der Waals surface area contributed by atoms with Gasteiger partial charge in [0.25, 0.3) is 0 Å². The Morgan fingerprint density at radius 3 is 1.47 bits per heavy atom. The molecule has 0 unspecified atom stereocenters. The van der Waals surface area contributed by atoms with E-state index in [9.17, 15) is 0 Å². The number of rotatable bonds is 7. The average molecular weight is 505 g/mol. The molecule has 0 amide bonds. The first-order valence-electron chi connectivity index (χ1n) is 13.4. The molecular formula is C32H36N6. The maximum absolute atomic E-state index is 4.77. The van der Waals surface area contributed by atoms with Crippen molar-refractivity contribution >= 4 is 11.4 Å². The Hall–Kier alpha value is -3.74. The lowest BCUT2D eigenvalue weighted by atomic mass is 9.92. The van der Waals surface area contributed by atoms with Gasteiger partial charge in [-0.1, -0.05) is 48.5 Å². The maximum atomic E-state index is 4.77. The largest absolute Gasteiger partial charge is 0.378 e. The molecule has 0 spiro atoms. The lowest BCUT2D eigenvalue weighted by Crippen LogP contribution is -2.34. The van der Waals surface area contributed by atoms with Crippen molar-refractivity contribution in [3.63, 3.8) is 0 Å². The highest BCUT2D eigenvalue weighted by molar-refractivity contribution is 5.47. The SMILES string of the molecule is CN(C)c1ccnc(CN2Cc3ccccc3[C@@H]2[C@H]2c3ccccc3CN2Cc2cc(N(C)C)ccn2)c1. The molecule has 0 aliphatic carbocycles. The summed E-state index contributed by atoms with van der Waals surface area (Å²) in [4.78, 5) is 19.1. The molecule has 6 heteroatoms. The van der Waals surface area contributed by atoms with E-state index in [-0.39, 0.29) is 12.1 Å². The Morgan fingerprint density at radius 2 is 1.05 bits per heavy atom. The second-order valence-electron chi connectivity index (χ2n) is 10.9. The second-order valence-corrected chi connectivity index (χ2v) is 10.9. The smallest absolute Gasteiger partial charge is 0.0564 e. The standard InChI is InChI=1S/C32H36N6/c1-35(2)27-13-15-33-25(17-27)21-37-19-23-9-5-7-11-29(23)31(37)32-30-12-8-6-10-24(30)20-38(32)22-26-18-28(36(3)4)14-16-34-26/h5-18,31-32H,19-22H2,1-4H3/t31-,32-/m1/s1. The normalized spacial score (nSPS) is 18.8. The fourth-order valence-corrected chi connectivity index (χ4v) is 6.09. The molecule has 194 valence electrons. The van der Waals surface area contributed by atoms with E-state index in [0.29, 0.717) is 0 Å². The minimum Gasteiger partial charge on any atom is -0.378 e. The number of anilines is 2. The molecule has 4 aromatic rings. The molecule has 2 atom stereocenters. The monoisotopic (exact) mass is 504 g/mol. The maximum Gasteiger partial charge on any atom is 0.0564 e. The zero-order valence-corrected chi connectivity index (χ0v) is 22.7. The van der Waals surface area contributed by atoms with Gasteiger partial charge in [0.15, 0.2) is 0 Å². The first kappa shape index (κ1) is 24.6. The third kappa shape index (κ3) is 4.66. The predicted octanol–water partition coefficient (Wildman–Crippen LogP) is 5.42. The highest BCUT2D eigenvalue weighted by Crippen LogP contribution is 2.49. The van der Waals surface area contributed by atoms with E-state index in [1.807, 2.05) is 12.4 Å². The summed E-state index contributed by atoms with van der Waals surface area (Å²) in [5.41, 5.74) is 10.3. The molecule has 6 rings (SSSR count). The van der Waals surface area contributed by atoms with Gasteiger partial charge in [-0.2, -0.15) is 0 Å². The van der Waals surface area contributed by atoms with Crippen LogP contribution in [0.2, 0.25) is 0 Å². The molecule has 0 radical (unpaired) electrons. The summed E-state index contributed by atoms with van der Waals surface area (Å²) >= 11 is 0. The molecule has 0 saturated carbocycles. The third-order valence-electron chi connectivity index (χ3n) is 7.94. The quantitative estimate of drug-likeness (QED) is 0.335. The van der Waals surface area contributed by atoms with Crippen molar-refractivity contribution in [1.82, 2.24) is 19.8 Å². The summed E-state index contributed by atoms with van der Waals surface area (Å²) in [7, 11) is 8.33. The van der Waals surface area contributed by atoms with Crippen LogP contribution in [0.25, 0.3) is 0 Å². The number of hydrogen-bond acceptors (Lipinski definition) is 6. The van der Waals surface area contributed by atoms with Crippen molar-refractivity contribution < 1.29 is 0 Å². The van der Waals surface area contributed by atoms with Crippen LogP contribution in [-0.4, -0.2) is 48.0 Å². The number of hydrogen-bond donors (Lipinski definition) is 0. The van der Waals surface area contributed by atoms with Crippen molar-refractivity contribution in [2.45, 2.75) is 38.3 Å². The Morgan fingerprint density at radius 1 is 0.632 bits per heavy atom. The zero-order chi connectivity index (χ0) is 26.2. The lowest BCUT2D eigenvalue weighted by Gasteiger charge is -2.36. The van der Waals surface area contributed by atoms with Crippen LogP contribution in [0.4, 0.5) is 11.4 Å². The molecule has 0 N–H and O–H groups in total. The van der Waals surface area contributed by atoms with E-state index < -0.39 is 0 Å². The van der Waals surface area contributed by atoms with Gasteiger partial charge in [0, 0.05) is 78.1 Å². The fraction of sp³-hybridized carbons (Fsp3) is 0.312. The molecule has 0 saturated heterocycles. The van der Waals surface area contributed by atoms with Crippen LogP contribution in [0.1, 0.15) is 45.7 Å². The van der Waals surface area contributed by atoms with Gasteiger partial charge in [0.2, 0.25) is 0 Å². The number of nitrogens with zero attached hydrogens (tertiary/aromatic N) is 6. The van der Waals surface area contributed by atoms with Crippen molar-refractivity contribution in [2.24, 2.45) is 0 Å². The van der Waals surface area contributed by atoms with Crippen LogP contribution in [0.3, 0.4) is 0 Å². The summed E-state index contributed by atoms with van der Waals surface area (Å²) in [6.45, 7) is 3.47. The molecule has 2 aromatic carbocycles. The average Bonchev–Trinajstić information content (AvgIpc) is 3.45. The Balaban J connectivity index is 1.39. The van der Waals surface area contributed by atoms with E-state index in [0.717, 1.165) is 37.6 Å². The van der Waals surface area contributed by atoms with Gasteiger partial charge in [-0.25, -0.2) is 0 Å². The molecule has 38 heavy (non-hydrogen) atoms. The van der Waals surface area contributed by atoms with Crippen LogP contribution >= 0.6 is 0 Å². The molecular weight excluding hydrogens is 468 g/mol. The number of pyridine rings is 2. The topological polar surface area (TPSA) is 38.7 Å². The summed E-state index contributed by atoms with van der Waals surface area (Å²) in [5, 5.41) is 0. The van der Waals surface area contributed by atoms with Gasteiger partial charge in [0.05, 0.1) is 23.5 Å². The van der Waals surface area contributed by atoms with E-state index >= 15 is 0 Å². The summed E-state index contributed by atoms with van der Waals surface area (Å²) < 4.78 is 0. The van der Waals surface area contributed by atoms with E-state index in [1.165, 1.54) is 33.6 Å². The highest BCUT2D eigenvalue weighted by Gasteiger charge is 2.43. The van der Waals surface area contributed by atoms with Gasteiger partial charge >= 0.3 is 0 Å². The first-order chi connectivity index (χ1) is 18.5. The molecule has 2 aliphatic heterocycles. The first-order valence-corrected chi connectivity index (χ1v) is 13.4. The van der Waals surface area contributed by atoms with Crippen molar-refractivity contribution in [3.8, 4) is 0 Å². The van der Waals surface area contributed by atoms with Gasteiger partial charge in [-0.05, 0) is 46.5 Å². The highest BCUT2D eigenvalue weighted by atomic mass is 15.3. The molecule has 2 aromatic heterocycles. The fourth-order valence-electron chi connectivity index (χ4n) is 6.09. The molecule has 2 aliphatic rings. The molecule has 6 nitrogen and oxygen atoms in total. The van der Waals surface area contributed by atoms with Gasteiger partial charge in [-0.3, -0.25) is 19.8 Å². The van der Waals surface area contributed by atoms with E-state index in [1.54, 1.807) is 0 Å². The lowest BCUT2D eigenvalue weighted by molar-refractivity contribution is 0.0821. The van der Waals surface area contributed by atoms with E-state index in [2.05, 4.69) is 121 Å².